The molecule has 8 nitrogen and oxygen atoms in total. The fourth-order valence-corrected chi connectivity index (χ4v) is 5.16. The Hall–Kier alpha value is -2.62. The minimum Gasteiger partial charge on any atom is -0.313 e. The molecular weight excluding hydrogens is 364 g/mol. The Morgan fingerprint density at radius 2 is 2.04 bits per heavy atom. The van der Waals surface area contributed by atoms with Crippen molar-refractivity contribution in [2.75, 3.05) is 19.6 Å². The number of sulfonamides is 1. The Balaban J connectivity index is 1.72. The first-order valence-corrected chi connectivity index (χ1v) is 10.1. The number of benzene rings is 1. The quantitative estimate of drug-likeness (QED) is 0.707. The van der Waals surface area contributed by atoms with E-state index in [4.69, 9.17) is 0 Å². The molecule has 1 fully saturated rings. The van der Waals surface area contributed by atoms with Crippen LogP contribution in [-0.4, -0.2) is 52.1 Å². The lowest BCUT2D eigenvalue weighted by atomic mass is 10.1. The van der Waals surface area contributed by atoms with Gasteiger partial charge < -0.3 is 5.32 Å². The van der Waals surface area contributed by atoms with Crippen molar-refractivity contribution in [3.8, 4) is 0 Å². The number of rotatable bonds is 5. The second kappa shape index (κ2) is 7.55. The van der Waals surface area contributed by atoms with Crippen LogP contribution in [0, 0.1) is 0 Å². The monoisotopic (exact) mass is 384 g/mol. The standard InChI is InChI=1S/C18H20N6O2S/c25-27(26,18-6-2-1-4-16(18)12-23-14-21-13-22-23)24-9-8-20-11-17(24)15-5-3-7-19-10-15/h1-7,10,13-14,17,20H,8-9,11-12H2. The van der Waals surface area contributed by atoms with Gasteiger partial charge in [-0.25, -0.2) is 18.1 Å². The highest BCUT2D eigenvalue weighted by Gasteiger charge is 2.35. The summed E-state index contributed by atoms with van der Waals surface area (Å²) in [5, 5.41) is 7.37. The number of pyridine rings is 1. The molecular formula is C18H20N6O2S. The largest absolute Gasteiger partial charge is 0.313 e. The summed E-state index contributed by atoms with van der Waals surface area (Å²) in [5.41, 5.74) is 1.56. The van der Waals surface area contributed by atoms with E-state index in [-0.39, 0.29) is 6.04 Å². The molecule has 0 amide bonds. The van der Waals surface area contributed by atoms with Crippen molar-refractivity contribution in [3.05, 3.63) is 72.6 Å². The van der Waals surface area contributed by atoms with Gasteiger partial charge in [0.2, 0.25) is 10.0 Å². The van der Waals surface area contributed by atoms with Crippen LogP contribution >= 0.6 is 0 Å². The second-order valence-electron chi connectivity index (χ2n) is 6.32. The summed E-state index contributed by atoms with van der Waals surface area (Å²) in [5.74, 6) is 0. The minimum atomic E-state index is -3.69. The molecule has 0 aliphatic carbocycles. The zero-order chi connectivity index (χ0) is 18.7. The maximum absolute atomic E-state index is 13.6. The first-order chi connectivity index (χ1) is 13.2. The Bertz CT molecular complexity index is 992. The van der Waals surface area contributed by atoms with Gasteiger partial charge in [0.15, 0.2) is 0 Å². The van der Waals surface area contributed by atoms with Crippen molar-refractivity contribution < 1.29 is 8.42 Å². The molecule has 0 spiro atoms. The van der Waals surface area contributed by atoms with E-state index in [0.29, 0.717) is 36.6 Å². The van der Waals surface area contributed by atoms with Gasteiger partial charge in [-0.05, 0) is 23.3 Å². The predicted molar refractivity (Wildman–Crippen MR) is 99.3 cm³/mol. The Kier molecular flexibility index (Phi) is 4.97. The van der Waals surface area contributed by atoms with Crippen LogP contribution in [0.3, 0.4) is 0 Å². The van der Waals surface area contributed by atoms with E-state index in [9.17, 15) is 8.42 Å². The van der Waals surface area contributed by atoms with Gasteiger partial charge in [0.1, 0.15) is 12.7 Å². The van der Waals surface area contributed by atoms with Crippen LogP contribution in [0.5, 0.6) is 0 Å². The summed E-state index contributed by atoms with van der Waals surface area (Å²) in [4.78, 5) is 8.38. The molecule has 1 saturated heterocycles. The van der Waals surface area contributed by atoms with Gasteiger partial charge in [-0.15, -0.1) is 0 Å². The highest BCUT2D eigenvalue weighted by Crippen LogP contribution is 2.30. The minimum absolute atomic E-state index is 0.295. The summed E-state index contributed by atoms with van der Waals surface area (Å²) in [6, 6.07) is 10.5. The second-order valence-corrected chi connectivity index (χ2v) is 8.18. The highest BCUT2D eigenvalue weighted by atomic mass is 32.2. The average Bonchev–Trinajstić information content (AvgIpc) is 3.22. The van der Waals surface area contributed by atoms with Crippen LogP contribution in [0.2, 0.25) is 0 Å². The zero-order valence-electron chi connectivity index (χ0n) is 14.6. The van der Waals surface area contributed by atoms with Gasteiger partial charge in [0, 0.05) is 32.0 Å². The molecule has 140 valence electrons. The van der Waals surface area contributed by atoms with Crippen molar-refractivity contribution in [1.82, 2.24) is 29.4 Å². The number of nitrogens with one attached hydrogen (secondary N) is 1. The van der Waals surface area contributed by atoms with Crippen molar-refractivity contribution >= 4 is 10.0 Å². The molecule has 2 aromatic heterocycles. The molecule has 0 radical (unpaired) electrons. The van der Waals surface area contributed by atoms with Gasteiger partial charge in [-0.1, -0.05) is 24.3 Å². The molecule has 1 aromatic carbocycles. The predicted octanol–water partition coefficient (Wildman–Crippen LogP) is 1.06. The van der Waals surface area contributed by atoms with Crippen molar-refractivity contribution in [2.24, 2.45) is 0 Å². The molecule has 3 heterocycles. The van der Waals surface area contributed by atoms with Crippen LogP contribution in [-0.2, 0) is 16.6 Å². The van der Waals surface area contributed by atoms with E-state index < -0.39 is 10.0 Å². The Labute approximate surface area is 157 Å². The van der Waals surface area contributed by atoms with Crippen LogP contribution in [0.25, 0.3) is 0 Å². The molecule has 9 heteroatoms. The summed E-state index contributed by atoms with van der Waals surface area (Å²) >= 11 is 0. The third kappa shape index (κ3) is 3.61. The lowest BCUT2D eigenvalue weighted by Gasteiger charge is -2.35. The Morgan fingerprint density at radius 1 is 1.15 bits per heavy atom. The number of hydrogen-bond acceptors (Lipinski definition) is 6. The third-order valence-electron chi connectivity index (χ3n) is 4.62. The molecule has 3 aromatic rings. The molecule has 1 aliphatic heterocycles. The van der Waals surface area contributed by atoms with Crippen LogP contribution < -0.4 is 5.32 Å². The van der Waals surface area contributed by atoms with E-state index in [2.05, 4.69) is 20.4 Å². The lowest BCUT2D eigenvalue weighted by molar-refractivity contribution is 0.271. The fraction of sp³-hybridized carbons (Fsp3) is 0.278. The third-order valence-corrected chi connectivity index (χ3v) is 6.63. The number of piperazine rings is 1. The molecule has 27 heavy (non-hydrogen) atoms. The zero-order valence-corrected chi connectivity index (χ0v) is 15.5. The number of aromatic nitrogens is 4. The number of nitrogens with zero attached hydrogens (tertiary/aromatic N) is 5. The summed E-state index contributed by atoms with van der Waals surface area (Å²) < 4.78 is 30.3. The van der Waals surface area contributed by atoms with Gasteiger partial charge in [0.05, 0.1) is 17.5 Å². The molecule has 0 bridgehead atoms. The van der Waals surface area contributed by atoms with Gasteiger partial charge in [-0.3, -0.25) is 4.98 Å². The Morgan fingerprint density at radius 3 is 2.81 bits per heavy atom. The first-order valence-electron chi connectivity index (χ1n) is 8.69. The topological polar surface area (TPSA) is 93.0 Å². The van der Waals surface area contributed by atoms with E-state index in [1.165, 1.54) is 6.33 Å². The number of hydrogen-bond donors (Lipinski definition) is 1. The molecule has 1 aliphatic rings. The van der Waals surface area contributed by atoms with Crippen LogP contribution in [0.4, 0.5) is 0 Å². The molecule has 4 rings (SSSR count). The molecule has 1 atom stereocenters. The highest BCUT2D eigenvalue weighted by molar-refractivity contribution is 7.89. The smallest absolute Gasteiger partial charge is 0.244 e. The maximum atomic E-state index is 13.6. The average molecular weight is 384 g/mol. The molecule has 1 unspecified atom stereocenters. The van der Waals surface area contributed by atoms with Gasteiger partial charge >= 0.3 is 0 Å². The van der Waals surface area contributed by atoms with E-state index in [0.717, 1.165) is 5.56 Å². The molecule has 0 saturated carbocycles. The first kappa shape index (κ1) is 17.8. The summed E-state index contributed by atoms with van der Waals surface area (Å²) in [7, 11) is -3.69. The van der Waals surface area contributed by atoms with Crippen molar-refractivity contribution in [1.29, 1.82) is 0 Å². The summed E-state index contributed by atoms with van der Waals surface area (Å²) in [6.07, 6.45) is 6.42. The fourth-order valence-electron chi connectivity index (χ4n) is 3.33. The lowest BCUT2D eigenvalue weighted by Crippen LogP contribution is -2.48. The SMILES string of the molecule is O=S(=O)(c1ccccc1Cn1cncn1)N1CCNCC1c1cccnc1. The summed E-state index contributed by atoms with van der Waals surface area (Å²) in [6.45, 7) is 1.91. The normalized spacial score (nSPS) is 18.4. The van der Waals surface area contributed by atoms with Crippen LogP contribution in [0.15, 0.2) is 66.3 Å². The van der Waals surface area contributed by atoms with E-state index in [1.807, 2.05) is 24.3 Å². The van der Waals surface area contributed by atoms with Gasteiger partial charge in [0.25, 0.3) is 0 Å². The van der Waals surface area contributed by atoms with Crippen molar-refractivity contribution in [2.45, 2.75) is 17.5 Å². The van der Waals surface area contributed by atoms with Gasteiger partial charge in [-0.2, -0.15) is 9.40 Å². The maximum Gasteiger partial charge on any atom is 0.244 e. The van der Waals surface area contributed by atoms with E-state index >= 15 is 0 Å². The van der Waals surface area contributed by atoms with E-state index in [1.54, 1.807) is 39.8 Å². The molecule has 1 N–H and O–H groups in total. The van der Waals surface area contributed by atoms with Crippen LogP contribution in [0.1, 0.15) is 17.2 Å². The van der Waals surface area contributed by atoms with Crippen molar-refractivity contribution in [3.63, 3.8) is 0 Å².